The number of alkyl halides is 2. The first-order valence-corrected chi connectivity index (χ1v) is 4.78. The molecule has 0 aromatic heterocycles. The number of likely N-dealkylation sites (N-methyl/N-ethyl adjacent to an activating group) is 1. The predicted molar refractivity (Wildman–Crippen MR) is 47.0 cm³/mol. The molecule has 0 spiro atoms. The van der Waals surface area contributed by atoms with E-state index in [0.717, 1.165) is 0 Å². The van der Waals surface area contributed by atoms with Crippen LogP contribution in [0.15, 0.2) is 0 Å². The molecule has 0 amide bonds. The van der Waals surface area contributed by atoms with Gasteiger partial charge < -0.3 is 15.2 Å². The maximum Gasteiger partial charge on any atom is 0.163 e. The molecule has 0 bridgehead atoms. The van der Waals surface area contributed by atoms with Crippen LogP contribution in [-0.2, 0) is 4.74 Å². The van der Waals surface area contributed by atoms with Gasteiger partial charge in [0, 0.05) is 44.1 Å². The summed E-state index contributed by atoms with van der Waals surface area (Å²) in [7, 11) is 1.68. The van der Waals surface area contributed by atoms with E-state index < -0.39 is 17.3 Å². The molecule has 75 valence electrons. The minimum Gasteiger partial charge on any atom is -0.388 e. The van der Waals surface area contributed by atoms with E-state index in [2.05, 4.69) is 21.2 Å². The molecule has 5 unspecified atom stereocenters. The molecule has 6 heteroatoms. The normalized spacial score (nSPS) is 45.5. The van der Waals surface area contributed by atoms with Crippen LogP contribution in [-0.4, -0.2) is 41.6 Å². The standard InChI is InChI=1S/C7H13BrFNO2.Ac/c1-3-5(10-2)6(11)4(9)7(8)12-3;/h3-7,10-11H,1-2H3;. The fourth-order valence-corrected chi connectivity index (χ4v) is 2.05. The average molecular weight is 469 g/mol. The van der Waals surface area contributed by atoms with Crippen LogP contribution in [0.1, 0.15) is 6.92 Å². The third-order valence-electron chi connectivity index (χ3n) is 2.13. The number of aliphatic hydroxyl groups excluding tert-OH is 1. The van der Waals surface area contributed by atoms with Gasteiger partial charge in [0.15, 0.2) is 6.17 Å². The van der Waals surface area contributed by atoms with Gasteiger partial charge in [0.1, 0.15) is 11.1 Å². The third kappa shape index (κ3) is 3.36. The number of nitrogens with one attached hydrogen (secondary N) is 1. The van der Waals surface area contributed by atoms with Gasteiger partial charge in [0.2, 0.25) is 0 Å². The zero-order valence-electron chi connectivity index (χ0n) is 7.58. The van der Waals surface area contributed by atoms with E-state index >= 15 is 0 Å². The Labute approximate surface area is 121 Å². The van der Waals surface area contributed by atoms with Gasteiger partial charge >= 0.3 is 0 Å². The van der Waals surface area contributed by atoms with Gasteiger partial charge in [0.05, 0.1) is 12.1 Å². The zero-order chi connectivity index (χ0) is 9.30. The Hall–Kier alpha value is 1.73. The molecule has 5 atom stereocenters. The second-order valence-electron chi connectivity index (χ2n) is 2.94. The smallest absolute Gasteiger partial charge is 0.163 e. The second kappa shape index (κ2) is 6.34. The fourth-order valence-electron chi connectivity index (χ4n) is 1.40. The van der Waals surface area contributed by atoms with Crippen LogP contribution < -0.4 is 5.32 Å². The van der Waals surface area contributed by atoms with E-state index in [1.54, 1.807) is 14.0 Å². The van der Waals surface area contributed by atoms with Crippen molar-refractivity contribution in [3.05, 3.63) is 0 Å². The zero-order valence-corrected chi connectivity index (χ0v) is 13.9. The Bertz CT molecular complexity index is 165. The predicted octanol–water partition coefficient (Wildman–Crippen LogP) is 0.413. The van der Waals surface area contributed by atoms with Gasteiger partial charge in [0.25, 0.3) is 0 Å². The van der Waals surface area contributed by atoms with Crippen molar-refractivity contribution in [1.29, 1.82) is 0 Å². The quantitative estimate of drug-likeness (QED) is 0.548. The number of aliphatic hydroxyl groups is 1. The summed E-state index contributed by atoms with van der Waals surface area (Å²) in [6.07, 6.45) is -2.58. The molecule has 1 fully saturated rings. The molecule has 0 saturated carbocycles. The molecule has 1 saturated heterocycles. The molecule has 0 aromatic carbocycles. The number of rotatable bonds is 1. The molecule has 0 aromatic rings. The summed E-state index contributed by atoms with van der Waals surface area (Å²) in [4.78, 5) is 0. The van der Waals surface area contributed by atoms with Crippen LogP contribution in [0, 0.1) is 44.1 Å². The molecule has 3 nitrogen and oxygen atoms in total. The van der Waals surface area contributed by atoms with Crippen molar-refractivity contribution < 1.29 is 58.3 Å². The van der Waals surface area contributed by atoms with E-state index in [9.17, 15) is 9.50 Å². The van der Waals surface area contributed by atoms with Gasteiger partial charge in [-0.2, -0.15) is 0 Å². The molecule has 1 aliphatic rings. The van der Waals surface area contributed by atoms with Gasteiger partial charge in [-0.05, 0) is 14.0 Å². The Morgan fingerprint density at radius 1 is 1.54 bits per heavy atom. The molecule has 1 aliphatic heterocycles. The Morgan fingerprint density at radius 3 is 2.54 bits per heavy atom. The van der Waals surface area contributed by atoms with Crippen LogP contribution in [0.5, 0.6) is 0 Å². The Morgan fingerprint density at radius 2 is 2.08 bits per heavy atom. The van der Waals surface area contributed by atoms with Gasteiger partial charge in [-0.25, -0.2) is 4.39 Å². The summed E-state index contributed by atoms with van der Waals surface area (Å²) in [6.45, 7) is 1.80. The minimum atomic E-state index is -1.38. The maximum atomic E-state index is 13.1. The largest absolute Gasteiger partial charge is 0.388 e. The first-order valence-electron chi connectivity index (χ1n) is 3.87. The van der Waals surface area contributed by atoms with Crippen molar-refractivity contribution in [2.45, 2.75) is 36.4 Å². The monoisotopic (exact) mass is 468 g/mol. The summed E-state index contributed by atoms with van der Waals surface area (Å²) in [5.41, 5.74) is 0. The topological polar surface area (TPSA) is 41.5 Å². The van der Waals surface area contributed by atoms with Crippen molar-refractivity contribution in [3.8, 4) is 0 Å². The third-order valence-corrected chi connectivity index (χ3v) is 2.85. The van der Waals surface area contributed by atoms with Gasteiger partial charge in [-0.3, -0.25) is 0 Å². The van der Waals surface area contributed by atoms with E-state index in [0.29, 0.717) is 0 Å². The van der Waals surface area contributed by atoms with E-state index in [4.69, 9.17) is 4.74 Å². The number of halogens is 2. The fraction of sp³-hybridized carbons (Fsp3) is 1.00. The van der Waals surface area contributed by atoms with Gasteiger partial charge in [-0.15, -0.1) is 0 Å². The average Bonchev–Trinajstić information content (AvgIpc) is 2.01. The molecular formula is C7H13AcBrFNO2. The van der Waals surface area contributed by atoms with Crippen molar-refractivity contribution in [2.24, 2.45) is 0 Å². The van der Waals surface area contributed by atoms with E-state index in [1.165, 1.54) is 0 Å². The SMILES string of the molecule is CNC1C(C)OC(Br)C(F)C1O.[Ac]. The molecule has 13 heavy (non-hydrogen) atoms. The molecule has 1 heterocycles. The van der Waals surface area contributed by atoms with Crippen LogP contribution in [0.4, 0.5) is 4.39 Å². The summed E-state index contributed by atoms with van der Waals surface area (Å²) >= 11 is 3.01. The number of hydrogen-bond donors (Lipinski definition) is 2. The van der Waals surface area contributed by atoms with Gasteiger partial charge in [-0.1, -0.05) is 15.9 Å². The summed E-state index contributed by atoms with van der Waals surface area (Å²) in [6, 6.07) is -0.339. The summed E-state index contributed by atoms with van der Waals surface area (Å²) < 4.78 is 18.3. The molecule has 1 radical (unpaired) electrons. The maximum absolute atomic E-state index is 13.1. The summed E-state index contributed by atoms with van der Waals surface area (Å²) in [5.74, 6) is 0. The van der Waals surface area contributed by atoms with Crippen molar-refractivity contribution in [3.63, 3.8) is 0 Å². The first kappa shape index (κ1) is 14.7. The van der Waals surface area contributed by atoms with Crippen molar-refractivity contribution in [2.75, 3.05) is 7.05 Å². The molecular weight excluding hydrogens is 456 g/mol. The van der Waals surface area contributed by atoms with E-state index in [-0.39, 0.29) is 56.2 Å². The van der Waals surface area contributed by atoms with Crippen LogP contribution in [0.25, 0.3) is 0 Å². The first-order chi connectivity index (χ1) is 5.57. The second-order valence-corrected chi connectivity index (χ2v) is 3.84. The summed E-state index contributed by atoms with van der Waals surface area (Å²) in [5, 5.41) is 11.5. The molecule has 1 rings (SSSR count). The van der Waals surface area contributed by atoms with Crippen LogP contribution in [0.2, 0.25) is 0 Å². The van der Waals surface area contributed by atoms with Crippen LogP contribution >= 0.6 is 15.9 Å². The molecule has 2 N–H and O–H groups in total. The number of hydrogen-bond acceptors (Lipinski definition) is 3. The minimum absolute atomic E-state index is 0. The number of ether oxygens (including phenoxy) is 1. The molecule has 0 aliphatic carbocycles. The Balaban J connectivity index is 0.00000144. The van der Waals surface area contributed by atoms with Crippen molar-refractivity contribution >= 4 is 15.9 Å². The van der Waals surface area contributed by atoms with Crippen molar-refractivity contribution in [1.82, 2.24) is 5.32 Å². The van der Waals surface area contributed by atoms with E-state index in [1.807, 2.05) is 0 Å². The van der Waals surface area contributed by atoms with Crippen LogP contribution in [0.3, 0.4) is 0 Å². The Kier molecular flexibility index (Phi) is 7.19.